The summed E-state index contributed by atoms with van der Waals surface area (Å²) in [6.45, 7) is 0.844. The number of nitrogens with one attached hydrogen (secondary N) is 2. The van der Waals surface area contributed by atoms with Crippen molar-refractivity contribution in [2.75, 3.05) is 31.8 Å². The molecule has 2 N–H and O–H groups in total. The Balaban J connectivity index is 1.78. The smallest absolute Gasteiger partial charge is 0.337 e. The van der Waals surface area contributed by atoms with Crippen LogP contribution in [0.4, 0.5) is 11.4 Å². The van der Waals surface area contributed by atoms with E-state index in [2.05, 4.69) is 32.7 Å². The van der Waals surface area contributed by atoms with Gasteiger partial charge in [0.1, 0.15) is 0 Å². The minimum atomic E-state index is -0.454. The highest BCUT2D eigenvalue weighted by atomic mass is 16.5. The maximum absolute atomic E-state index is 13.0. The molecule has 1 aliphatic rings. The first-order valence-corrected chi connectivity index (χ1v) is 10.2. The molecule has 7 nitrogen and oxygen atoms in total. The predicted molar refractivity (Wildman–Crippen MR) is 125 cm³/mol. The molecule has 1 aromatic heterocycles. The van der Waals surface area contributed by atoms with Crippen molar-refractivity contribution in [1.82, 2.24) is 9.88 Å². The number of methoxy groups -OCH3 is 1. The standard InChI is InChI=1S/C25H24N4O3/c1-29(2)15-16-4-7-19(8-5-16)27-23(17-10-12-26-13-11-17)22-20-9-6-18(25(31)32-3)14-21(20)28-24(22)30/h4-14,27H,15H2,1-3H3,(H,28,30). The number of esters is 1. The summed E-state index contributed by atoms with van der Waals surface area (Å²) in [5, 5.41) is 6.29. The zero-order valence-corrected chi connectivity index (χ0v) is 18.2. The summed E-state index contributed by atoms with van der Waals surface area (Å²) in [5.74, 6) is -0.699. The lowest BCUT2D eigenvalue weighted by molar-refractivity contribution is -0.110. The molecule has 0 spiro atoms. The second-order valence-corrected chi connectivity index (χ2v) is 7.75. The molecule has 2 aromatic carbocycles. The second-order valence-electron chi connectivity index (χ2n) is 7.75. The van der Waals surface area contributed by atoms with Crippen LogP contribution in [-0.4, -0.2) is 43.0 Å². The van der Waals surface area contributed by atoms with Gasteiger partial charge in [0.2, 0.25) is 0 Å². The molecule has 0 atom stereocenters. The maximum atomic E-state index is 13.0. The van der Waals surface area contributed by atoms with Crippen LogP contribution >= 0.6 is 0 Å². The van der Waals surface area contributed by atoms with Gasteiger partial charge in [-0.05, 0) is 56.1 Å². The first-order valence-electron chi connectivity index (χ1n) is 10.2. The highest BCUT2D eigenvalue weighted by Crippen LogP contribution is 2.38. The van der Waals surface area contributed by atoms with Gasteiger partial charge in [0.05, 0.1) is 29.6 Å². The number of amides is 1. The second kappa shape index (κ2) is 9.03. The summed E-state index contributed by atoms with van der Waals surface area (Å²) in [6, 6.07) is 16.9. The van der Waals surface area contributed by atoms with Gasteiger partial charge < -0.3 is 20.3 Å². The van der Waals surface area contributed by atoms with E-state index in [-0.39, 0.29) is 5.91 Å². The number of carbonyl (C=O) groups excluding carboxylic acids is 2. The molecule has 7 heteroatoms. The monoisotopic (exact) mass is 428 g/mol. The first-order chi connectivity index (χ1) is 15.5. The Morgan fingerprint density at radius 2 is 1.75 bits per heavy atom. The van der Waals surface area contributed by atoms with E-state index in [1.807, 2.05) is 38.4 Å². The number of fused-ring (bicyclic) bond motifs is 1. The van der Waals surface area contributed by atoms with Gasteiger partial charge in [0, 0.05) is 35.8 Å². The lowest BCUT2D eigenvalue weighted by Gasteiger charge is -2.16. The summed E-state index contributed by atoms with van der Waals surface area (Å²) in [5.41, 5.74) is 5.70. The van der Waals surface area contributed by atoms with Crippen molar-refractivity contribution < 1.29 is 14.3 Å². The lowest BCUT2D eigenvalue weighted by atomic mass is 9.99. The van der Waals surface area contributed by atoms with E-state index in [1.54, 1.807) is 30.6 Å². The maximum Gasteiger partial charge on any atom is 0.337 e. The fourth-order valence-corrected chi connectivity index (χ4v) is 3.67. The van der Waals surface area contributed by atoms with E-state index in [0.29, 0.717) is 28.1 Å². The highest BCUT2D eigenvalue weighted by Gasteiger charge is 2.29. The minimum absolute atomic E-state index is 0.245. The van der Waals surface area contributed by atoms with Gasteiger partial charge >= 0.3 is 5.97 Å². The number of carbonyl (C=O) groups is 2. The molecule has 0 radical (unpaired) electrons. The van der Waals surface area contributed by atoms with Gasteiger partial charge in [-0.25, -0.2) is 4.79 Å². The molecule has 0 aliphatic carbocycles. The minimum Gasteiger partial charge on any atom is -0.465 e. The third kappa shape index (κ3) is 4.38. The van der Waals surface area contributed by atoms with E-state index in [0.717, 1.165) is 17.8 Å². The van der Waals surface area contributed by atoms with E-state index >= 15 is 0 Å². The molecule has 4 rings (SSSR count). The van der Waals surface area contributed by atoms with Crippen molar-refractivity contribution >= 4 is 34.5 Å². The molecule has 0 saturated carbocycles. The number of hydrogen-bond acceptors (Lipinski definition) is 6. The number of pyridine rings is 1. The van der Waals surface area contributed by atoms with Gasteiger partial charge in [-0.15, -0.1) is 0 Å². The summed E-state index contributed by atoms with van der Waals surface area (Å²) in [6.07, 6.45) is 3.37. The van der Waals surface area contributed by atoms with E-state index in [1.165, 1.54) is 12.7 Å². The first kappa shape index (κ1) is 21.3. The third-order valence-electron chi connectivity index (χ3n) is 5.13. The number of benzene rings is 2. The fraction of sp³-hybridized carbons (Fsp3) is 0.160. The van der Waals surface area contributed by atoms with Gasteiger partial charge in [0.25, 0.3) is 5.91 Å². The Morgan fingerprint density at radius 1 is 1.03 bits per heavy atom. The summed E-state index contributed by atoms with van der Waals surface area (Å²) in [7, 11) is 5.38. The van der Waals surface area contributed by atoms with Crippen LogP contribution in [-0.2, 0) is 16.1 Å². The topological polar surface area (TPSA) is 83.6 Å². The summed E-state index contributed by atoms with van der Waals surface area (Å²) in [4.78, 5) is 31.1. The van der Waals surface area contributed by atoms with Crippen molar-refractivity contribution in [2.45, 2.75) is 6.54 Å². The van der Waals surface area contributed by atoms with Gasteiger partial charge in [-0.2, -0.15) is 0 Å². The fourth-order valence-electron chi connectivity index (χ4n) is 3.67. The summed E-state index contributed by atoms with van der Waals surface area (Å²) >= 11 is 0. The van der Waals surface area contributed by atoms with Crippen LogP contribution in [0, 0.1) is 0 Å². The number of ether oxygens (including phenoxy) is 1. The Labute approximate surface area is 186 Å². The predicted octanol–water partition coefficient (Wildman–Crippen LogP) is 3.86. The van der Waals surface area contributed by atoms with Crippen molar-refractivity contribution in [1.29, 1.82) is 0 Å². The van der Waals surface area contributed by atoms with Crippen molar-refractivity contribution in [3.63, 3.8) is 0 Å². The summed E-state index contributed by atoms with van der Waals surface area (Å²) < 4.78 is 4.79. The zero-order chi connectivity index (χ0) is 22.7. The molecule has 1 amide bonds. The Morgan fingerprint density at radius 3 is 2.41 bits per heavy atom. The molecular weight excluding hydrogens is 404 g/mol. The van der Waals surface area contributed by atoms with Crippen LogP contribution in [0.2, 0.25) is 0 Å². The van der Waals surface area contributed by atoms with Gasteiger partial charge in [-0.1, -0.05) is 18.2 Å². The quantitative estimate of drug-likeness (QED) is 0.458. The number of aromatic nitrogens is 1. The number of anilines is 2. The van der Waals surface area contributed by atoms with Crippen LogP contribution in [0.1, 0.15) is 27.0 Å². The Kier molecular flexibility index (Phi) is 6.00. The van der Waals surface area contributed by atoms with Gasteiger partial charge in [-0.3, -0.25) is 9.78 Å². The van der Waals surface area contributed by atoms with Crippen molar-refractivity contribution in [3.05, 3.63) is 89.2 Å². The largest absolute Gasteiger partial charge is 0.465 e. The normalized spacial score (nSPS) is 14.1. The number of hydrogen-bond donors (Lipinski definition) is 2. The van der Waals surface area contributed by atoms with Crippen molar-refractivity contribution in [2.24, 2.45) is 0 Å². The van der Waals surface area contributed by atoms with E-state index in [4.69, 9.17) is 4.74 Å². The molecule has 3 aromatic rings. The van der Waals surface area contributed by atoms with Crippen molar-refractivity contribution in [3.8, 4) is 0 Å². The molecule has 0 saturated heterocycles. The average molecular weight is 428 g/mol. The SMILES string of the molecule is COC(=O)c1ccc2c(c1)NC(=O)C2=C(Nc1ccc(CN(C)C)cc1)c1ccncc1. The number of rotatable bonds is 6. The Bertz CT molecular complexity index is 1190. The third-order valence-corrected chi connectivity index (χ3v) is 5.13. The Hall–Kier alpha value is -3.97. The molecular formula is C25H24N4O3. The van der Waals surface area contributed by atoms with Crippen LogP contribution in [0.5, 0.6) is 0 Å². The van der Waals surface area contributed by atoms with Crippen LogP contribution < -0.4 is 10.6 Å². The molecule has 2 heterocycles. The highest BCUT2D eigenvalue weighted by molar-refractivity contribution is 6.37. The molecule has 0 bridgehead atoms. The van der Waals surface area contributed by atoms with E-state index in [9.17, 15) is 9.59 Å². The molecule has 32 heavy (non-hydrogen) atoms. The molecule has 0 fully saturated rings. The number of nitrogens with zero attached hydrogens (tertiary/aromatic N) is 2. The van der Waals surface area contributed by atoms with Crippen LogP contribution in [0.25, 0.3) is 11.3 Å². The van der Waals surface area contributed by atoms with Crippen LogP contribution in [0.15, 0.2) is 67.0 Å². The zero-order valence-electron chi connectivity index (χ0n) is 18.2. The average Bonchev–Trinajstić information content (AvgIpc) is 3.13. The molecule has 1 aliphatic heterocycles. The molecule has 162 valence electrons. The molecule has 0 unspecified atom stereocenters. The van der Waals surface area contributed by atoms with Crippen LogP contribution in [0.3, 0.4) is 0 Å². The lowest BCUT2D eigenvalue weighted by Crippen LogP contribution is -2.11. The van der Waals surface area contributed by atoms with E-state index < -0.39 is 5.97 Å². The van der Waals surface area contributed by atoms with Gasteiger partial charge in [0.15, 0.2) is 0 Å².